The molecule has 0 amide bonds. The third kappa shape index (κ3) is 2.44. The summed E-state index contributed by atoms with van der Waals surface area (Å²) in [6, 6.07) is 12.0. The van der Waals surface area contributed by atoms with Crippen molar-refractivity contribution in [1.82, 2.24) is 19.7 Å². The topological polar surface area (TPSA) is 43.6 Å². The Hall–Kier alpha value is -2.14. The number of hydrogen-bond donors (Lipinski definition) is 0. The summed E-state index contributed by atoms with van der Waals surface area (Å²) in [5.74, 6) is 0. The number of benzene rings is 1. The van der Waals surface area contributed by atoms with Crippen LogP contribution in [-0.4, -0.2) is 26.0 Å². The Labute approximate surface area is 121 Å². The Morgan fingerprint density at radius 3 is 2.65 bits per heavy atom. The smallest absolute Gasteiger partial charge is 0.187 e. The minimum atomic E-state index is 0.773. The summed E-state index contributed by atoms with van der Waals surface area (Å²) < 4.78 is 1.88. The molecule has 3 aromatic rings. The molecule has 20 heavy (non-hydrogen) atoms. The fraction of sp³-hybridized carbons (Fsp3) is 0.133. The van der Waals surface area contributed by atoms with Gasteiger partial charge in [0.1, 0.15) is 0 Å². The number of thioether (sulfide) groups is 1. The third-order valence-corrected chi connectivity index (χ3v) is 3.57. The molecule has 3 rings (SSSR count). The summed E-state index contributed by atoms with van der Waals surface area (Å²) in [5, 5.41) is 5.33. The maximum Gasteiger partial charge on any atom is 0.187 e. The molecule has 100 valence electrons. The maximum absolute atomic E-state index is 4.56. The molecule has 0 radical (unpaired) electrons. The van der Waals surface area contributed by atoms with Crippen LogP contribution in [0.25, 0.3) is 16.9 Å². The van der Waals surface area contributed by atoms with Crippen LogP contribution in [0.15, 0.2) is 53.9 Å². The monoisotopic (exact) mass is 282 g/mol. The first kappa shape index (κ1) is 12.9. The van der Waals surface area contributed by atoms with Crippen molar-refractivity contribution in [3.8, 4) is 16.9 Å². The number of rotatable bonds is 3. The van der Waals surface area contributed by atoms with E-state index in [-0.39, 0.29) is 0 Å². The van der Waals surface area contributed by atoms with E-state index in [0.29, 0.717) is 0 Å². The Kier molecular flexibility index (Phi) is 3.52. The SMILES string of the molecule is CSc1nccc(-c2cn(-c3ccccc3)nc2C)n1. The van der Waals surface area contributed by atoms with Crippen LogP contribution in [0.1, 0.15) is 5.69 Å². The fourth-order valence-corrected chi connectivity index (χ4v) is 2.37. The predicted octanol–water partition coefficient (Wildman–Crippen LogP) is 3.36. The molecular formula is C15H14N4S. The maximum atomic E-state index is 4.56. The lowest BCUT2D eigenvalue weighted by Gasteiger charge is -2.00. The molecule has 2 heterocycles. The van der Waals surface area contributed by atoms with E-state index in [1.165, 1.54) is 11.8 Å². The van der Waals surface area contributed by atoms with Gasteiger partial charge in [-0.3, -0.25) is 0 Å². The zero-order valence-electron chi connectivity index (χ0n) is 11.3. The van der Waals surface area contributed by atoms with Gasteiger partial charge in [0, 0.05) is 18.0 Å². The van der Waals surface area contributed by atoms with Gasteiger partial charge in [0.2, 0.25) is 0 Å². The summed E-state index contributed by atoms with van der Waals surface area (Å²) in [5.41, 5.74) is 3.94. The van der Waals surface area contributed by atoms with Crippen molar-refractivity contribution in [3.05, 3.63) is 54.5 Å². The van der Waals surface area contributed by atoms with E-state index in [0.717, 1.165) is 27.8 Å². The van der Waals surface area contributed by atoms with E-state index in [9.17, 15) is 0 Å². The van der Waals surface area contributed by atoms with Gasteiger partial charge in [0.25, 0.3) is 0 Å². The lowest BCUT2D eigenvalue weighted by Crippen LogP contribution is -1.93. The summed E-state index contributed by atoms with van der Waals surface area (Å²) in [6.45, 7) is 2.00. The highest BCUT2D eigenvalue weighted by Crippen LogP contribution is 2.23. The van der Waals surface area contributed by atoms with Crippen molar-refractivity contribution in [3.63, 3.8) is 0 Å². The zero-order chi connectivity index (χ0) is 13.9. The Morgan fingerprint density at radius 2 is 1.90 bits per heavy atom. The van der Waals surface area contributed by atoms with Crippen LogP contribution in [0, 0.1) is 6.92 Å². The van der Waals surface area contributed by atoms with Gasteiger partial charge in [-0.1, -0.05) is 30.0 Å². The van der Waals surface area contributed by atoms with Gasteiger partial charge < -0.3 is 0 Å². The highest BCUT2D eigenvalue weighted by Gasteiger charge is 2.10. The van der Waals surface area contributed by atoms with Crippen LogP contribution < -0.4 is 0 Å². The van der Waals surface area contributed by atoms with E-state index in [1.54, 1.807) is 6.20 Å². The molecule has 0 aliphatic rings. The summed E-state index contributed by atoms with van der Waals surface area (Å²) >= 11 is 1.54. The van der Waals surface area contributed by atoms with Crippen molar-refractivity contribution in [2.24, 2.45) is 0 Å². The lowest BCUT2D eigenvalue weighted by molar-refractivity contribution is 0.863. The third-order valence-electron chi connectivity index (χ3n) is 3.01. The molecule has 0 bridgehead atoms. The van der Waals surface area contributed by atoms with E-state index in [1.807, 2.05) is 60.5 Å². The van der Waals surface area contributed by atoms with E-state index >= 15 is 0 Å². The van der Waals surface area contributed by atoms with Gasteiger partial charge in [-0.05, 0) is 31.4 Å². The summed E-state index contributed by atoms with van der Waals surface area (Å²) in [4.78, 5) is 8.73. The fourth-order valence-electron chi connectivity index (χ4n) is 2.01. The second-order valence-electron chi connectivity index (χ2n) is 4.34. The number of aromatic nitrogens is 4. The molecule has 0 N–H and O–H groups in total. The van der Waals surface area contributed by atoms with Gasteiger partial charge in [0.15, 0.2) is 5.16 Å². The largest absolute Gasteiger partial charge is 0.240 e. The van der Waals surface area contributed by atoms with Crippen molar-refractivity contribution >= 4 is 11.8 Å². The van der Waals surface area contributed by atoms with Crippen LogP contribution in [-0.2, 0) is 0 Å². The van der Waals surface area contributed by atoms with Crippen LogP contribution >= 0.6 is 11.8 Å². The van der Waals surface area contributed by atoms with E-state index in [2.05, 4.69) is 15.1 Å². The number of nitrogens with zero attached hydrogens (tertiary/aromatic N) is 4. The Bertz CT molecular complexity index is 722. The van der Waals surface area contributed by atoms with Crippen molar-refractivity contribution in [2.75, 3.05) is 6.26 Å². The minimum Gasteiger partial charge on any atom is -0.240 e. The second kappa shape index (κ2) is 5.46. The van der Waals surface area contributed by atoms with Crippen LogP contribution in [0.3, 0.4) is 0 Å². The highest BCUT2D eigenvalue weighted by molar-refractivity contribution is 7.98. The molecule has 0 atom stereocenters. The van der Waals surface area contributed by atoms with Crippen LogP contribution in [0.4, 0.5) is 0 Å². The van der Waals surface area contributed by atoms with E-state index < -0.39 is 0 Å². The van der Waals surface area contributed by atoms with Crippen molar-refractivity contribution in [2.45, 2.75) is 12.1 Å². The molecular weight excluding hydrogens is 268 g/mol. The van der Waals surface area contributed by atoms with E-state index in [4.69, 9.17) is 0 Å². The molecule has 0 unspecified atom stereocenters. The molecule has 0 aliphatic carbocycles. The first-order valence-electron chi connectivity index (χ1n) is 6.27. The van der Waals surface area contributed by atoms with Crippen LogP contribution in [0.5, 0.6) is 0 Å². The van der Waals surface area contributed by atoms with Gasteiger partial charge in [0.05, 0.1) is 17.1 Å². The standard InChI is InChI=1S/C15H14N4S/c1-11-13(14-8-9-16-15(17-14)20-2)10-19(18-11)12-6-4-3-5-7-12/h3-10H,1-2H3. The number of para-hydroxylation sites is 1. The second-order valence-corrected chi connectivity index (χ2v) is 5.11. The summed E-state index contributed by atoms with van der Waals surface area (Å²) in [6.07, 6.45) is 5.77. The number of hydrogen-bond acceptors (Lipinski definition) is 4. The molecule has 2 aromatic heterocycles. The van der Waals surface area contributed by atoms with Gasteiger partial charge in [-0.15, -0.1) is 0 Å². The Balaban J connectivity index is 2.05. The predicted molar refractivity (Wildman–Crippen MR) is 81.1 cm³/mol. The van der Waals surface area contributed by atoms with Gasteiger partial charge >= 0.3 is 0 Å². The minimum absolute atomic E-state index is 0.773. The molecule has 5 heteroatoms. The first-order chi connectivity index (χ1) is 9.78. The molecule has 1 aromatic carbocycles. The quantitative estimate of drug-likeness (QED) is 0.546. The molecule has 0 saturated heterocycles. The molecule has 4 nitrogen and oxygen atoms in total. The average molecular weight is 282 g/mol. The first-order valence-corrected chi connectivity index (χ1v) is 7.49. The van der Waals surface area contributed by atoms with Crippen LogP contribution in [0.2, 0.25) is 0 Å². The Morgan fingerprint density at radius 1 is 1.10 bits per heavy atom. The molecule has 0 spiro atoms. The normalized spacial score (nSPS) is 10.7. The summed E-state index contributed by atoms with van der Waals surface area (Å²) in [7, 11) is 0. The molecule has 0 aliphatic heterocycles. The molecule has 0 saturated carbocycles. The number of aryl methyl sites for hydroxylation is 1. The van der Waals surface area contributed by atoms with Crippen molar-refractivity contribution in [1.29, 1.82) is 0 Å². The average Bonchev–Trinajstić information content (AvgIpc) is 2.90. The zero-order valence-corrected chi connectivity index (χ0v) is 12.1. The highest BCUT2D eigenvalue weighted by atomic mass is 32.2. The molecule has 0 fully saturated rings. The lowest BCUT2D eigenvalue weighted by atomic mass is 10.2. The van der Waals surface area contributed by atoms with Gasteiger partial charge in [-0.2, -0.15) is 5.10 Å². The van der Waals surface area contributed by atoms with Gasteiger partial charge in [-0.25, -0.2) is 14.6 Å². The van der Waals surface area contributed by atoms with Crippen molar-refractivity contribution < 1.29 is 0 Å².